The number of aliphatic hydroxyl groups excluding tert-OH is 1. The average molecular weight is 88.1 g/mol. The summed E-state index contributed by atoms with van der Waals surface area (Å²) in [6.45, 7) is 2.46. The fourth-order valence-electron chi connectivity index (χ4n) is 0.139. The van der Waals surface area contributed by atoms with Gasteiger partial charge in [0.05, 0.1) is 6.61 Å². The highest BCUT2D eigenvalue weighted by molar-refractivity contribution is 4.54. The minimum Gasteiger partial charge on any atom is -0.512 e. The first-order valence-electron chi connectivity index (χ1n) is 1.82. The van der Waals surface area contributed by atoms with Gasteiger partial charge in [0.25, 0.3) is 0 Å². The molecule has 36 valence electrons. The van der Waals surface area contributed by atoms with Gasteiger partial charge >= 0.3 is 0 Å². The van der Waals surface area contributed by atoms with E-state index >= 15 is 0 Å². The van der Waals surface area contributed by atoms with Crippen LogP contribution in [0.3, 0.4) is 0 Å². The van der Waals surface area contributed by atoms with E-state index < -0.39 is 0 Å². The standard InChI is InChI=1S/C4H8O2/c1-2-6-4-3-5/h3-5H,2H2,1H3. The smallest absolute Gasteiger partial charge is 0.117 e. The first kappa shape index (κ1) is 5.34. The van der Waals surface area contributed by atoms with Crippen molar-refractivity contribution < 1.29 is 9.84 Å². The lowest BCUT2D eigenvalue weighted by atomic mass is 10.9. The molecule has 0 bridgehead atoms. The van der Waals surface area contributed by atoms with E-state index in [0.29, 0.717) is 6.61 Å². The van der Waals surface area contributed by atoms with Gasteiger partial charge in [-0.05, 0) is 6.92 Å². The molecule has 0 unspecified atom stereocenters. The molecule has 1 N–H and O–H groups in total. The molecule has 6 heavy (non-hydrogen) atoms. The van der Waals surface area contributed by atoms with Crippen molar-refractivity contribution in [3.8, 4) is 0 Å². The molecule has 2 nitrogen and oxygen atoms in total. The number of hydrogen-bond acceptors (Lipinski definition) is 2. The van der Waals surface area contributed by atoms with Crippen LogP contribution in [0.15, 0.2) is 12.5 Å². The Hall–Kier alpha value is -0.660. The fourth-order valence-corrected chi connectivity index (χ4v) is 0.139. The van der Waals surface area contributed by atoms with Crippen LogP contribution in [0.2, 0.25) is 0 Å². The molecule has 0 aromatic carbocycles. The molecule has 0 radical (unpaired) electrons. The highest BCUT2D eigenvalue weighted by atomic mass is 16.5. The molecule has 0 fully saturated rings. The molecule has 0 aliphatic carbocycles. The van der Waals surface area contributed by atoms with Crippen LogP contribution >= 0.6 is 0 Å². The Morgan fingerprint density at radius 2 is 2.50 bits per heavy atom. The van der Waals surface area contributed by atoms with Gasteiger partial charge in [-0.1, -0.05) is 0 Å². The molecule has 0 aromatic heterocycles. The second-order valence-electron chi connectivity index (χ2n) is 0.740. The molecule has 0 aliphatic rings. The highest BCUT2D eigenvalue weighted by Crippen LogP contribution is 1.69. The summed E-state index contributed by atoms with van der Waals surface area (Å²) in [4.78, 5) is 0. The third kappa shape index (κ3) is 3.34. The van der Waals surface area contributed by atoms with E-state index in [2.05, 4.69) is 4.74 Å². The summed E-state index contributed by atoms with van der Waals surface area (Å²) in [5.41, 5.74) is 0. The molecule has 0 saturated carbocycles. The molecule has 0 rings (SSSR count). The van der Waals surface area contributed by atoms with Crippen molar-refractivity contribution >= 4 is 0 Å². The van der Waals surface area contributed by atoms with Crippen molar-refractivity contribution in [2.75, 3.05) is 6.61 Å². The molecule has 0 saturated heterocycles. The lowest BCUT2D eigenvalue weighted by molar-refractivity contribution is 0.256. The highest BCUT2D eigenvalue weighted by Gasteiger charge is 1.61. The molecule has 2 heteroatoms. The monoisotopic (exact) mass is 88.1 g/mol. The Labute approximate surface area is 37.1 Å². The van der Waals surface area contributed by atoms with Gasteiger partial charge in [0, 0.05) is 0 Å². The summed E-state index contributed by atoms with van der Waals surface area (Å²) >= 11 is 0. The Morgan fingerprint density at radius 1 is 1.83 bits per heavy atom. The predicted octanol–water partition coefficient (Wildman–Crippen LogP) is 1.05. The normalized spacial score (nSPS) is 9.50. The van der Waals surface area contributed by atoms with Gasteiger partial charge in [0.1, 0.15) is 12.5 Å². The van der Waals surface area contributed by atoms with E-state index in [1.54, 1.807) is 0 Å². The van der Waals surface area contributed by atoms with Crippen LogP contribution in [0.4, 0.5) is 0 Å². The largest absolute Gasteiger partial charge is 0.512 e. The SMILES string of the molecule is CCOC=CO. The second-order valence-corrected chi connectivity index (χ2v) is 0.740. The Bertz CT molecular complexity index is 40.8. The van der Waals surface area contributed by atoms with E-state index in [1.165, 1.54) is 6.26 Å². The molecule has 0 heterocycles. The minimum absolute atomic E-state index is 0.608. The maximum Gasteiger partial charge on any atom is 0.117 e. The zero-order valence-corrected chi connectivity index (χ0v) is 3.72. The van der Waals surface area contributed by atoms with Crippen LogP contribution in [0.5, 0.6) is 0 Å². The molecule has 0 spiro atoms. The minimum atomic E-state index is 0.608. The van der Waals surface area contributed by atoms with Crippen LogP contribution in [-0.4, -0.2) is 11.7 Å². The van der Waals surface area contributed by atoms with E-state index in [-0.39, 0.29) is 0 Å². The molecule has 0 amide bonds. The Morgan fingerprint density at radius 3 is 2.67 bits per heavy atom. The zero-order chi connectivity index (χ0) is 4.83. The topological polar surface area (TPSA) is 29.5 Å². The lowest BCUT2D eigenvalue weighted by Crippen LogP contribution is -1.74. The third-order valence-electron chi connectivity index (χ3n) is 0.324. The maximum atomic E-state index is 7.89. The van der Waals surface area contributed by atoms with Crippen LogP contribution in [-0.2, 0) is 4.74 Å². The van der Waals surface area contributed by atoms with Gasteiger partial charge in [-0.15, -0.1) is 0 Å². The summed E-state index contributed by atoms with van der Waals surface area (Å²) in [5.74, 6) is 0. The van der Waals surface area contributed by atoms with Gasteiger partial charge in [0.2, 0.25) is 0 Å². The summed E-state index contributed by atoms with van der Waals surface area (Å²) in [6.07, 6.45) is 2.10. The molecular formula is C4H8O2. The van der Waals surface area contributed by atoms with Crippen molar-refractivity contribution in [2.45, 2.75) is 6.92 Å². The van der Waals surface area contributed by atoms with Crippen LogP contribution in [0, 0.1) is 0 Å². The summed E-state index contributed by atoms with van der Waals surface area (Å²) in [7, 11) is 0. The third-order valence-corrected chi connectivity index (χ3v) is 0.324. The molecule has 0 aromatic rings. The molecular weight excluding hydrogens is 80.0 g/mol. The van der Waals surface area contributed by atoms with Gasteiger partial charge < -0.3 is 9.84 Å². The van der Waals surface area contributed by atoms with Gasteiger partial charge in [0.15, 0.2) is 0 Å². The summed E-state index contributed by atoms with van der Waals surface area (Å²) < 4.78 is 4.55. The van der Waals surface area contributed by atoms with Gasteiger partial charge in [-0.3, -0.25) is 0 Å². The van der Waals surface area contributed by atoms with E-state index in [4.69, 9.17) is 5.11 Å². The van der Waals surface area contributed by atoms with E-state index in [0.717, 1.165) is 6.26 Å². The first-order valence-corrected chi connectivity index (χ1v) is 1.82. The second kappa shape index (κ2) is 4.34. The number of aliphatic hydroxyl groups is 1. The van der Waals surface area contributed by atoms with E-state index in [1.807, 2.05) is 6.92 Å². The van der Waals surface area contributed by atoms with Crippen molar-refractivity contribution in [3.05, 3.63) is 12.5 Å². The van der Waals surface area contributed by atoms with Gasteiger partial charge in [-0.25, -0.2) is 0 Å². The van der Waals surface area contributed by atoms with E-state index in [9.17, 15) is 0 Å². The van der Waals surface area contributed by atoms with Crippen molar-refractivity contribution in [2.24, 2.45) is 0 Å². The lowest BCUT2D eigenvalue weighted by Gasteiger charge is -1.85. The van der Waals surface area contributed by atoms with Gasteiger partial charge in [-0.2, -0.15) is 0 Å². The Balaban J connectivity index is 2.66. The number of ether oxygens (including phenoxy) is 1. The van der Waals surface area contributed by atoms with Crippen molar-refractivity contribution in [3.63, 3.8) is 0 Å². The fraction of sp³-hybridized carbons (Fsp3) is 0.500. The van der Waals surface area contributed by atoms with Crippen molar-refractivity contribution in [1.82, 2.24) is 0 Å². The zero-order valence-electron chi connectivity index (χ0n) is 3.72. The first-order chi connectivity index (χ1) is 2.91. The van der Waals surface area contributed by atoms with Crippen molar-refractivity contribution in [1.29, 1.82) is 0 Å². The van der Waals surface area contributed by atoms with Crippen LogP contribution < -0.4 is 0 Å². The summed E-state index contributed by atoms with van der Waals surface area (Å²) in [6, 6.07) is 0. The summed E-state index contributed by atoms with van der Waals surface area (Å²) in [5, 5.41) is 7.89. The predicted molar refractivity (Wildman–Crippen MR) is 23.4 cm³/mol. The molecule has 0 atom stereocenters. The molecule has 0 aliphatic heterocycles. The number of hydrogen-bond donors (Lipinski definition) is 1. The quantitative estimate of drug-likeness (QED) is 0.511. The average Bonchev–Trinajstić information content (AvgIpc) is 1.61. The maximum absolute atomic E-state index is 7.89. The van der Waals surface area contributed by atoms with Crippen LogP contribution in [0.25, 0.3) is 0 Å². The Kier molecular flexibility index (Phi) is 3.86. The van der Waals surface area contributed by atoms with Crippen LogP contribution in [0.1, 0.15) is 6.92 Å². The number of rotatable bonds is 2.